The van der Waals surface area contributed by atoms with Crippen molar-refractivity contribution in [1.82, 2.24) is 4.90 Å². The molecule has 5 N–H and O–H groups in total. The van der Waals surface area contributed by atoms with Crippen molar-refractivity contribution in [3.8, 4) is 0 Å². The van der Waals surface area contributed by atoms with Gasteiger partial charge in [0.25, 0.3) is 0 Å². The van der Waals surface area contributed by atoms with Gasteiger partial charge in [0.15, 0.2) is 0 Å². The smallest absolute Gasteiger partial charge is 0.234 e. The predicted octanol–water partition coefficient (Wildman–Crippen LogP) is 2.05. The van der Waals surface area contributed by atoms with Crippen molar-refractivity contribution in [3.63, 3.8) is 0 Å². The number of benzene rings is 1. The fraction of sp³-hybridized carbons (Fsp3) is 0.529. The van der Waals surface area contributed by atoms with E-state index in [-0.39, 0.29) is 48.7 Å². The molecule has 0 aliphatic carbocycles. The average Bonchev–Trinajstić information content (AvgIpc) is 2.94. The van der Waals surface area contributed by atoms with Crippen molar-refractivity contribution in [2.24, 2.45) is 11.5 Å². The second kappa shape index (κ2) is 11.3. The fourth-order valence-electron chi connectivity index (χ4n) is 2.90. The second-order valence-electron chi connectivity index (χ2n) is 6.30. The Kier molecular flexibility index (Phi) is 10.7. The van der Waals surface area contributed by atoms with E-state index < -0.39 is 0 Å². The number of likely N-dealkylation sites (tertiary alicyclic amines) is 1. The summed E-state index contributed by atoms with van der Waals surface area (Å²) in [6.07, 6.45) is 2.89. The molecule has 0 radical (unpaired) electrons. The lowest BCUT2D eigenvalue weighted by molar-refractivity contribution is -0.122. The Labute approximate surface area is 161 Å². The van der Waals surface area contributed by atoms with Crippen LogP contribution in [0.2, 0.25) is 0 Å². The number of amides is 2. The van der Waals surface area contributed by atoms with Crippen LogP contribution < -0.4 is 16.8 Å². The number of carbonyl (C=O) groups is 2. The van der Waals surface area contributed by atoms with Gasteiger partial charge in [0.05, 0.1) is 6.04 Å². The van der Waals surface area contributed by atoms with Crippen LogP contribution in [0.3, 0.4) is 0 Å². The number of nitrogens with two attached hydrogens (primary N) is 2. The number of carbonyl (C=O) groups excluding carboxylic acids is 2. The lowest BCUT2D eigenvalue weighted by atomic mass is 10.1. The third kappa shape index (κ3) is 7.61. The van der Waals surface area contributed by atoms with Gasteiger partial charge in [0.2, 0.25) is 11.8 Å². The lowest BCUT2D eigenvalue weighted by Gasteiger charge is -2.22. The number of rotatable bonds is 7. The SMILES string of the molecule is CC(N)CCC(=O)Nc1cccc(CN2CCCC2C(N)=O)c1.Cl.Cl. The van der Waals surface area contributed by atoms with Gasteiger partial charge in [0.1, 0.15) is 0 Å². The highest BCUT2D eigenvalue weighted by atomic mass is 35.5. The quantitative estimate of drug-likeness (QED) is 0.662. The number of halogens is 2. The summed E-state index contributed by atoms with van der Waals surface area (Å²) >= 11 is 0. The highest BCUT2D eigenvalue weighted by molar-refractivity contribution is 5.90. The molecule has 2 amide bonds. The molecule has 2 unspecified atom stereocenters. The van der Waals surface area contributed by atoms with Crippen molar-refractivity contribution < 1.29 is 9.59 Å². The molecular weight excluding hydrogens is 363 g/mol. The summed E-state index contributed by atoms with van der Waals surface area (Å²) in [5.74, 6) is -0.293. The van der Waals surface area contributed by atoms with Gasteiger partial charge in [-0.05, 0) is 50.4 Å². The van der Waals surface area contributed by atoms with Crippen LogP contribution in [0.5, 0.6) is 0 Å². The van der Waals surface area contributed by atoms with E-state index in [0.29, 0.717) is 19.4 Å². The normalized spacial score (nSPS) is 17.9. The summed E-state index contributed by atoms with van der Waals surface area (Å²) in [5.41, 5.74) is 12.9. The average molecular weight is 391 g/mol. The number of nitrogens with zero attached hydrogens (tertiary/aromatic N) is 1. The molecule has 8 heteroatoms. The zero-order valence-electron chi connectivity index (χ0n) is 14.4. The minimum Gasteiger partial charge on any atom is -0.368 e. The van der Waals surface area contributed by atoms with Crippen LogP contribution in [0.25, 0.3) is 0 Å². The van der Waals surface area contributed by atoms with Crippen LogP contribution in [-0.4, -0.2) is 35.3 Å². The molecule has 1 saturated heterocycles. The molecule has 1 aliphatic heterocycles. The first kappa shape index (κ1) is 23.7. The van der Waals surface area contributed by atoms with Gasteiger partial charge < -0.3 is 16.8 Å². The molecule has 6 nitrogen and oxygen atoms in total. The van der Waals surface area contributed by atoms with Gasteiger partial charge in [0, 0.05) is 24.7 Å². The highest BCUT2D eigenvalue weighted by Crippen LogP contribution is 2.21. The molecule has 1 aromatic carbocycles. The Morgan fingerprint density at radius 3 is 2.72 bits per heavy atom. The Balaban J connectivity index is 0.00000288. The van der Waals surface area contributed by atoms with E-state index in [1.165, 1.54) is 0 Å². The first-order chi connectivity index (χ1) is 11.0. The minimum absolute atomic E-state index is 0. The molecule has 0 bridgehead atoms. The third-order valence-corrected chi connectivity index (χ3v) is 4.12. The molecule has 1 aliphatic rings. The number of anilines is 1. The molecule has 2 atom stereocenters. The molecule has 0 aromatic heterocycles. The second-order valence-corrected chi connectivity index (χ2v) is 6.30. The van der Waals surface area contributed by atoms with Gasteiger partial charge in [-0.3, -0.25) is 14.5 Å². The monoisotopic (exact) mass is 390 g/mol. The first-order valence-corrected chi connectivity index (χ1v) is 8.13. The lowest BCUT2D eigenvalue weighted by Crippen LogP contribution is -2.39. The third-order valence-electron chi connectivity index (χ3n) is 4.12. The minimum atomic E-state index is -0.261. The van der Waals surface area contributed by atoms with Crippen molar-refractivity contribution in [3.05, 3.63) is 29.8 Å². The summed E-state index contributed by atoms with van der Waals surface area (Å²) in [6, 6.07) is 7.55. The summed E-state index contributed by atoms with van der Waals surface area (Å²) in [7, 11) is 0. The summed E-state index contributed by atoms with van der Waals surface area (Å²) in [4.78, 5) is 25.4. The predicted molar refractivity (Wildman–Crippen MR) is 105 cm³/mol. The Bertz CT molecular complexity index is 569. The van der Waals surface area contributed by atoms with E-state index in [1.807, 2.05) is 31.2 Å². The molecule has 2 rings (SSSR count). The van der Waals surface area contributed by atoms with Gasteiger partial charge in [-0.1, -0.05) is 12.1 Å². The van der Waals surface area contributed by atoms with Gasteiger partial charge >= 0.3 is 0 Å². The maximum atomic E-state index is 11.9. The molecule has 1 aromatic rings. The Morgan fingerprint density at radius 1 is 1.36 bits per heavy atom. The van der Waals surface area contributed by atoms with Crippen LogP contribution in [0.1, 0.15) is 38.2 Å². The Morgan fingerprint density at radius 2 is 2.08 bits per heavy atom. The molecule has 142 valence electrons. The van der Waals surface area contributed by atoms with Crippen LogP contribution in [-0.2, 0) is 16.1 Å². The van der Waals surface area contributed by atoms with Gasteiger partial charge in [-0.15, -0.1) is 24.8 Å². The standard InChI is InChI=1S/C17H26N4O2.2ClH/c1-12(18)7-8-16(22)20-14-5-2-4-13(10-14)11-21-9-3-6-15(21)17(19)23;;/h2,4-5,10,12,15H,3,6-9,11,18H2,1H3,(H2,19,23)(H,20,22);2*1H. The zero-order chi connectivity index (χ0) is 16.8. The van der Waals surface area contributed by atoms with Gasteiger partial charge in [-0.25, -0.2) is 0 Å². The number of hydrogen-bond acceptors (Lipinski definition) is 4. The summed E-state index contributed by atoms with van der Waals surface area (Å²) < 4.78 is 0. The highest BCUT2D eigenvalue weighted by Gasteiger charge is 2.28. The van der Waals surface area contributed by atoms with E-state index in [4.69, 9.17) is 11.5 Å². The van der Waals surface area contributed by atoms with E-state index in [9.17, 15) is 9.59 Å². The van der Waals surface area contributed by atoms with E-state index in [2.05, 4.69) is 10.2 Å². The Hall–Kier alpha value is -1.34. The largest absolute Gasteiger partial charge is 0.368 e. The van der Waals surface area contributed by atoms with Gasteiger partial charge in [-0.2, -0.15) is 0 Å². The summed E-state index contributed by atoms with van der Waals surface area (Å²) in [6.45, 7) is 3.43. The molecule has 1 fully saturated rings. The molecule has 1 heterocycles. The van der Waals surface area contributed by atoms with Crippen molar-refractivity contribution in [2.75, 3.05) is 11.9 Å². The van der Waals surface area contributed by atoms with E-state index >= 15 is 0 Å². The van der Waals surface area contributed by atoms with Crippen LogP contribution >= 0.6 is 24.8 Å². The van der Waals surface area contributed by atoms with Crippen LogP contribution in [0, 0.1) is 0 Å². The van der Waals surface area contributed by atoms with E-state index in [0.717, 1.165) is 30.6 Å². The number of hydrogen-bond donors (Lipinski definition) is 3. The maximum Gasteiger partial charge on any atom is 0.234 e. The molecule has 25 heavy (non-hydrogen) atoms. The fourth-order valence-corrected chi connectivity index (χ4v) is 2.90. The van der Waals surface area contributed by atoms with Crippen molar-refractivity contribution in [1.29, 1.82) is 0 Å². The first-order valence-electron chi connectivity index (χ1n) is 8.13. The van der Waals surface area contributed by atoms with Crippen LogP contribution in [0.15, 0.2) is 24.3 Å². The molecular formula is C17H28Cl2N4O2. The topological polar surface area (TPSA) is 101 Å². The van der Waals surface area contributed by atoms with Crippen LogP contribution in [0.4, 0.5) is 5.69 Å². The maximum absolute atomic E-state index is 11.9. The molecule has 0 saturated carbocycles. The van der Waals surface area contributed by atoms with Crippen molar-refractivity contribution >= 4 is 42.3 Å². The van der Waals surface area contributed by atoms with E-state index in [1.54, 1.807) is 0 Å². The zero-order valence-corrected chi connectivity index (χ0v) is 16.1. The summed E-state index contributed by atoms with van der Waals surface area (Å²) in [5, 5.41) is 2.89. The molecule has 0 spiro atoms. The number of nitrogens with one attached hydrogen (secondary N) is 1. The van der Waals surface area contributed by atoms with Crippen molar-refractivity contribution in [2.45, 2.75) is 51.2 Å². The number of primary amides is 1.